The predicted octanol–water partition coefficient (Wildman–Crippen LogP) is 0.131. The number of amides is 1. The van der Waals surface area contributed by atoms with Gasteiger partial charge in [0.15, 0.2) is 17.5 Å². The van der Waals surface area contributed by atoms with Gasteiger partial charge in [-0.05, 0) is 55.3 Å². The molecule has 0 radical (unpaired) electrons. The molecule has 3 N–H and O–H groups in total. The monoisotopic (exact) mass is 1060 g/mol. The van der Waals surface area contributed by atoms with Crippen molar-refractivity contribution in [2.24, 2.45) is 0 Å². The molecule has 1 aliphatic heterocycles. The molecule has 3 heterocycles. The Labute approximate surface area is 449 Å². The molecule has 0 saturated carbocycles. The molecule has 5 aromatic rings. The van der Waals surface area contributed by atoms with Crippen molar-refractivity contribution in [1.82, 2.24) is 9.55 Å². The van der Waals surface area contributed by atoms with Crippen LogP contribution in [0.2, 0.25) is 0 Å². The first-order valence-corrected chi connectivity index (χ1v) is 15.1. The third kappa shape index (κ3) is 20.7. The van der Waals surface area contributed by atoms with E-state index in [1.807, 2.05) is 0 Å². The Kier molecular flexibility index (Phi) is 32.4. The normalized spacial score (nSPS) is 10.6. The number of hydrogen-bond acceptors (Lipinski definition) is 11. The molecule has 22 heteroatoms. The number of nitrogens with one attached hydrogen (secondary N) is 1. The number of hydrogen-bond donors (Lipinski definition) is 2. The van der Waals surface area contributed by atoms with Gasteiger partial charge in [-0.15, -0.1) is 0 Å². The van der Waals surface area contributed by atoms with Crippen molar-refractivity contribution < 1.29 is 188 Å². The van der Waals surface area contributed by atoms with Crippen LogP contribution in [0.25, 0.3) is 5.69 Å². The van der Waals surface area contributed by atoms with Crippen LogP contribution in [0.1, 0.15) is 37.0 Å². The Morgan fingerprint density at radius 2 is 1.31 bits per heavy atom. The summed E-state index contributed by atoms with van der Waals surface area (Å²) in [7, 11) is 0. The molecule has 1 amide bonds. The van der Waals surface area contributed by atoms with Crippen LogP contribution in [0.15, 0.2) is 113 Å². The molecule has 58 heavy (non-hydrogen) atoms. The first kappa shape index (κ1) is 59.2. The maximum atomic E-state index is 13.6. The van der Waals surface area contributed by atoms with E-state index in [0.29, 0.717) is 36.5 Å². The van der Waals surface area contributed by atoms with Crippen LogP contribution in [0, 0.1) is 43.5 Å². The van der Waals surface area contributed by atoms with Gasteiger partial charge in [-0.1, -0.05) is 27.0 Å². The van der Waals surface area contributed by atoms with Crippen LogP contribution in [-0.2, 0) is 14.5 Å². The van der Waals surface area contributed by atoms with Crippen molar-refractivity contribution >= 4 is 35.1 Å². The van der Waals surface area contributed by atoms with Gasteiger partial charge >= 0.3 is 138 Å². The molecule has 1 aliphatic rings. The minimum absolute atomic E-state index is 0. The van der Waals surface area contributed by atoms with E-state index in [0.717, 1.165) is 35.6 Å². The van der Waals surface area contributed by atoms with Crippen molar-refractivity contribution in [3.8, 4) is 5.69 Å². The number of anilines is 2. The molecule has 3 aromatic carbocycles. The molecular weight excluding hydrogens is 1020 g/mol. The number of pyridine rings is 2. The number of rotatable bonds is 5. The van der Waals surface area contributed by atoms with E-state index in [1.54, 1.807) is 36.5 Å². The molecule has 0 atom stereocenters. The summed E-state index contributed by atoms with van der Waals surface area (Å²) in [6.07, 6.45) is 5.32. The summed E-state index contributed by atoms with van der Waals surface area (Å²) >= 11 is 0. The number of carbonyl (C=O) groups excluding carboxylic acids is 2. The van der Waals surface area contributed by atoms with Crippen LogP contribution >= 0.6 is 0 Å². The van der Waals surface area contributed by atoms with E-state index in [2.05, 4.69) is 9.87 Å². The van der Waals surface area contributed by atoms with Crippen molar-refractivity contribution in [2.45, 2.75) is 34.1 Å². The fourth-order valence-electron chi connectivity index (χ4n) is 4.21. The topological polar surface area (TPSA) is 237 Å². The van der Waals surface area contributed by atoms with Crippen molar-refractivity contribution in [1.29, 1.82) is 0 Å². The predicted molar refractivity (Wildman–Crippen MR) is 200 cm³/mol. The maximum Gasteiger partial charge on any atom is 1.00 e. The van der Waals surface area contributed by atoms with Crippen molar-refractivity contribution in [3.63, 3.8) is 0 Å². The molecule has 0 unspecified atom stereocenters. The molecule has 1 saturated heterocycles. The van der Waals surface area contributed by atoms with Gasteiger partial charge in [-0.2, -0.15) is 0 Å². The van der Waals surface area contributed by atoms with Crippen LogP contribution < -0.4 is 165 Å². The standard InChI is InChI=1S/C11H7FN2O3.C11H13FN2O.C6H3F2NO2.C5H5NO.CH2O3.2CH4.2Cs.H2.H/c12-9-7-8(14(16)17)4-5-10(9)13-6-2-1-3-11(13)15;12-9-7-8(13)4-5-10(9)14-6-2-1-3-11(14)15;7-5-2-1-4(9(10)11)3-6(5)8;7-5-3-1-2-4-6-5;2-1-4-3;;;;;;/h1-7H;4-5,7H,1-3,6,13H2;1-3H;1-4H,(H,6,7);1,3H;2*1H4;;;1H;/q;;;;;;;2*+1;;-1/p-1. The summed E-state index contributed by atoms with van der Waals surface area (Å²) < 4.78 is 52.7. The fourth-order valence-corrected chi connectivity index (χ4v) is 4.21. The Hall–Kier alpha value is -3.12. The average molecular weight is 1060 g/mol. The second-order valence-corrected chi connectivity index (χ2v) is 10.3. The summed E-state index contributed by atoms with van der Waals surface area (Å²) in [5, 5.41) is 28.8. The number of carbonyl (C=O) groups is 2. The number of non-ortho nitro benzene ring substituents is 2. The van der Waals surface area contributed by atoms with Gasteiger partial charge in [0.2, 0.25) is 11.5 Å². The Bertz CT molecular complexity index is 2180. The first-order chi connectivity index (χ1) is 25.7. The minimum atomic E-state index is -1.21. The molecule has 1 fully saturated rings. The number of nitrogens with zero attached hydrogens (tertiary/aromatic N) is 4. The average Bonchev–Trinajstić information content (AvgIpc) is 3.15. The number of nitro groups is 2. The number of nitrogens with two attached hydrogens (primary N) is 1. The number of nitrogen functional groups attached to an aromatic ring is 1. The zero-order valence-corrected chi connectivity index (χ0v) is 42.2. The van der Waals surface area contributed by atoms with E-state index in [1.165, 1.54) is 41.4 Å². The number of nitro benzene ring substituents is 2. The summed E-state index contributed by atoms with van der Waals surface area (Å²) in [6.45, 7) is 0.416. The van der Waals surface area contributed by atoms with E-state index in [9.17, 15) is 52.2 Å². The zero-order valence-electron chi connectivity index (χ0n) is 30.7. The minimum Gasteiger partial charge on any atom is -1.00 e. The summed E-state index contributed by atoms with van der Waals surface area (Å²) in [4.78, 5) is 67.4. The van der Waals surface area contributed by atoms with Gasteiger partial charge in [-0.3, -0.25) is 44.0 Å². The first-order valence-electron chi connectivity index (χ1n) is 15.1. The van der Waals surface area contributed by atoms with Gasteiger partial charge in [0.05, 0.1) is 33.4 Å². The quantitative estimate of drug-likeness (QED) is 0.0600. The molecule has 0 bridgehead atoms. The van der Waals surface area contributed by atoms with Crippen LogP contribution in [0.3, 0.4) is 0 Å². The third-order valence-corrected chi connectivity index (χ3v) is 6.64. The van der Waals surface area contributed by atoms with Crippen molar-refractivity contribution in [2.75, 3.05) is 17.2 Å². The number of piperidine rings is 1. The van der Waals surface area contributed by atoms with Crippen molar-refractivity contribution in [3.05, 3.63) is 168 Å². The number of aromatic nitrogens is 2. The number of aromatic amines is 1. The molecule has 16 nitrogen and oxygen atoms in total. The van der Waals surface area contributed by atoms with Crippen LogP contribution in [-0.4, -0.2) is 38.3 Å². The van der Waals surface area contributed by atoms with E-state index in [4.69, 9.17) is 15.8 Å². The van der Waals surface area contributed by atoms with E-state index < -0.39 is 44.4 Å². The molecule has 0 aliphatic carbocycles. The SMILES string of the molecule is C.C.Nc1ccc(N2CCCCC2=O)c(F)c1.O=CO[O-].O=[N+]([O-])c1ccc(F)c(F)c1.O=c1cccc[nH]1.O=c1ccccn1-c1ccc([N+](=O)[O-])cc1F.[Cs+].[Cs+].[H-].[HH]. The third-order valence-electron chi connectivity index (χ3n) is 6.64. The second kappa shape index (κ2) is 31.8. The maximum absolute atomic E-state index is 13.6. The van der Waals surface area contributed by atoms with E-state index >= 15 is 0 Å². The van der Waals surface area contributed by atoms with Gasteiger partial charge in [0.1, 0.15) is 5.82 Å². The van der Waals surface area contributed by atoms with Gasteiger partial charge < -0.3 is 27.2 Å². The van der Waals surface area contributed by atoms with Gasteiger partial charge in [-0.25, -0.2) is 17.6 Å². The number of benzene rings is 3. The molecule has 2 aromatic heterocycles. The Balaban J connectivity index is -0.000000217. The van der Waals surface area contributed by atoms with Crippen LogP contribution in [0.5, 0.6) is 0 Å². The fraction of sp³-hybridized carbons (Fsp3) is 0.167. The Morgan fingerprint density at radius 3 is 1.76 bits per heavy atom. The molecule has 0 spiro atoms. The van der Waals surface area contributed by atoms with Crippen LogP contribution in [0.4, 0.5) is 40.3 Å². The summed E-state index contributed by atoms with van der Waals surface area (Å²) in [5.74, 6) is -3.54. The summed E-state index contributed by atoms with van der Waals surface area (Å²) in [5.41, 5.74) is 4.89. The number of H-pyrrole nitrogens is 1. The largest absolute Gasteiger partial charge is 1.00 e. The molecule has 6 rings (SSSR count). The molecular formula is C36H40Cs2F4N6O10. The number of halogens is 4. The molecule has 304 valence electrons. The van der Waals surface area contributed by atoms with Gasteiger partial charge in [0, 0.05) is 56.7 Å². The van der Waals surface area contributed by atoms with Gasteiger partial charge in [0.25, 0.3) is 23.4 Å². The summed E-state index contributed by atoms with van der Waals surface area (Å²) in [6, 6.07) is 19.0. The zero-order chi connectivity index (χ0) is 40.2. The Morgan fingerprint density at radius 1 is 0.759 bits per heavy atom. The van der Waals surface area contributed by atoms with E-state index in [-0.39, 0.29) is 185 Å². The smallest absolute Gasteiger partial charge is 1.00 e. The second-order valence-electron chi connectivity index (χ2n) is 10.3.